The van der Waals surface area contributed by atoms with Crippen molar-refractivity contribution in [3.05, 3.63) is 54.6 Å². The van der Waals surface area contributed by atoms with Gasteiger partial charge in [0.1, 0.15) is 11.5 Å². The number of para-hydroxylation sites is 1. The average Bonchev–Trinajstić information content (AvgIpc) is 2.31. The summed E-state index contributed by atoms with van der Waals surface area (Å²) in [6, 6.07) is 15.9. The van der Waals surface area contributed by atoms with Crippen molar-refractivity contribution in [1.29, 1.82) is 0 Å². The zero-order valence-corrected chi connectivity index (χ0v) is 9.46. The molecule has 2 aromatic carbocycles. The number of rotatable bonds is 3. The van der Waals surface area contributed by atoms with Crippen LogP contribution in [0.3, 0.4) is 0 Å². The normalized spacial score (nSPS) is 12.1. The Balaban J connectivity index is 2.14. The lowest BCUT2D eigenvalue weighted by Gasteiger charge is -2.05. The van der Waals surface area contributed by atoms with Gasteiger partial charge in [-0.05, 0) is 36.4 Å². The van der Waals surface area contributed by atoms with E-state index in [2.05, 4.69) is 0 Å². The third-order valence-electron chi connectivity index (χ3n) is 2.08. The first-order valence-electron chi connectivity index (χ1n) is 4.82. The standard InChI is InChI=1S/C12H11O3P/c13-16(14)12-8-6-11(7-9-12)15-10-4-2-1-3-5-10/h1-9,16H,(H,13,14). The summed E-state index contributed by atoms with van der Waals surface area (Å²) in [5.74, 6) is 1.39. The average molecular weight is 234 g/mol. The molecule has 0 spiro atoms. The van der Waals surface area contributed by atoms with Gasteiger partial charge in [0, 0.05) is 5.30 Å². The van der Waals surface area contributed by atoms with E-state index in [0.717, 1.165) is 5.75 Å². The Labute approximate surface area is 94.2 Å². The second-order valence-electron chi connectivity index (χ2n) is 3.24. The molecule has 0 saturated carbocycles. The molecule has 4 heteroatoms. The predicted octanol–water partition coefficient (Wildman–Crippen LogP) is 2.57. The Morgan fingerprint density at radius 2 is 1.44 bits per heavy atom. The minimum absolute atomic E-state index is 0.436. The summed E-state index contributed by atoms with van der Waals surface area (Å²) in [6.45, 7) is 0. The fourth-order valence-electron chi connectivity index (χ4n) is 1.29. The predicted molar refractivity (Wildman–Crippen MR) is 63.8 cm³/mol. The van der Waals surface area contributed by atoms with Crippen LogP contribution in [0.15, 0.2) is 54.6 Å². The van der Waals surface area contributed by atoms with E-state index in [4.69, 9.17) is 9.63 Å². The van der Waals surface area contributed by atoms with E-state index in [0.29, 0.717) is 11.1 Å². The maximum atomic E-state index is 10.8. The molecule has 0 amide bonds. The molecule has 3 nitrogen and oxygen atoms in total. The molecule has 0 bridgehead atoms. The maximum absolute atomic E-state index is 10.8. The van der Waals surface area contributed by atoms with Gasteiger partial charge in [-0.2, -0.15) is 0 Å². The van der Waals surface area contributed by atoms with E-state index < -0.39 is 8.03 Å². The number of hydrogen-bond donors (Lipinski definition) is 1. The van der Waals surface area contributed by atoms with Gasteiger partial charge >= 0.3 is 0 Å². The monoisotopic (exact) mass is 234 g/mol. The highest BCUT2D eigenvalue weighted by Crippen LogP contribution is 2.21. The zero-order valence-electron chi connectivity index (χ0n) is 8.46. The van der Waals surface area contributed by atoms with Gasteiger partial charge in [-0.3, -0.25) is 4.57 Å². The Kier molecular flexibility index (Phi) is 3.40. The molecular formula is C12H11O3P. The first-order chi connectivity index (χ1) is 7.75. The summed E-state index contributed by atoms with van der Waals surface area (Å²) in [7, 11) is -2.61. The Morgan fingerprint density at radius 1 is 0.875 bits per heavy atom. The first-order valence-corrected chi connectivity index (χ1v) is 6.17. The molecule has 0 fully saturated rings. The number of hydrogen-bond acceptors (Lipinski definition) is 2. The van der Waals surface area contributed by atoms with Gasteiger partial charge in [0.15, 0.2) is 0 Å². The van der Waals surface area contributed by atoms with Crippen LogP contribution in [0, 0.1) is 0 Å². The third kappa shape index (κ3) is 2.72. The molecule has 2 rings (SSSR count). The highest BCUT2D eigenvalue weighted by atomic mass is 31.1. The van der Waals surface area contributed by atoms with Crippen molar-refractivity contribution >= 4 is 13.3 Å². The summed E-state index contributed by atoms with van der Waals surface area (Å²) >= 11 is 0. The van der Waals surface area contributed by atoms with Crippen molar-refractivity contribution in [2.45, 2.75) is 0 Å². The molecule has 0 aliphatic carbocycles. The molecule has 0 aliphatic rings. The van der Waals surface area contributed by atoms with Gasteiger partial charge in [-0.1, -0.05) is 18.2 Å². The number of ether oxygens (including phenoxy) is 1. The zero-order chi connectivity index (χ0) is 11.4. The van der Waals surface area contributed by atoms with Crippen LogP contribution < -0.4 is 10.0 Å². The smallest absolute Gasteiger partial charge is 0.218 e. The minimum atomic E-state index is -2.61. The molecule has 0 saturated heterocycles. The van der Waals surface area contributed by atoms with Crippen LogP contribution in [-0.2, 0) is 4.57 Å². The molecular weight excluding hydrogens is 223 g/mol. The van der Waals surface area contributed by atoms with Crippen molar-refractivity contribution in [3.8, 4) is 11.5 Å². The van der Waals surface area contributed by atoms with Gasteiger partial charge in [0.2, 0.25) is 8.03 Å². The summed E-state index contributed by atoms with van der Waals surface area (Å²) in [6.07, 6.45) is 0. The van der Waals surface area contributed by atoms with Crippen LogP contribution in [-0.4, -0.2) is 4.89 Å². The fourth-order valence-corrected chi connectivity index (χ4v) is 1.74. The van der Waals surface area contributed by atoms with Gasteiger partial charge in [-0.15, -0.1) is 0 Å². The first kappa shape index (κ1) is 10.9. The molecule has 0 aliphatic heterocycles. The van der Waals surface area contributed by atoms with E-state index in [9.17, 15) is 4.57 Å². The van der Waals surface area contributed by atoms with E-state index >= 15 is 0 Å². The van der Waals surface area contributed by atoms with Gasteiger partial charge in [0.25, 0.3) is 0 Å². The molecule has 1 N–H and O–H groups in total. The fraction of sp³-hybridized carbons (Fsp3) is 0. The summed E-state index contributed by atoms with van der Waals surface area (Å²) in [5.41, 5.74) is 0. The largest absolute Gasteiger partial charge is 0.457 e. The van der Waals surface area contributed by atoms with Crippen LogP contribution in [0.2, 0.25) is 0 Å². The quantitative estimate of drug-likeness (QED) is 0.830. The van der Waals surface area contributed by atoms with Crippen molar-refractivity contribution in [2.24, 2.45) is 0 Å². The van der Waals surface area contributed by atoms with Crippen molar-refractivity contribution in [2.75, 3.05) is 0 Å². The molecule has 16 heavy (non-hydrogen) atoms. The number of benzene rings is 2. The van der Waals surface area contributed by atoms with Crippen molar-refractivity contribution in [1.82, 2.24) is 0 Å². The second-order valence-corrected chi connectivity index (χ2v) is 4.43. The molecule has 0 heterocycles. The van der Waals surface area contributed by atoms with Gasteiger partial charge in [0.05, 0.1) is 0 Å². The highest BCUT2D eigenvalue weighted by Gasteiger charge is 2.00. The highest BCUT2D eigenvalue weighted by molar-refractivity contribution is 7.47. The molecule has 1 unspecified atom stereocenters. The van der Waals surface area contributed by atoms with E-state index in [1.165, 1.54) is 0 Å². The van der Waals surface area contributed by atoms with E-state index in [-0.39, 0.29) is 0 Å². The Bertz CT molecular complexity index is 479. The van der Waals surface area contributed by atoms with Crippen molar-refractivity contribution < 1.29 is 14.2 Å². The topological polar surface area (TPSA) is 46.5 Å². The molecule has 82 valence electrons. The minimum Gasteiger partial charge on any atom is -0.457 e. The van der Waals surface area contributed by atoms with Crippen LogP contribution in [0.1, 0.15) is 0 Å². The molecule has 0 radical (unpaired) electrons. The SMILES string of the molecule is O=[PH](O)c1ccc(Oc2ccccc2)cc1. The maximum Gasteiger partial charge on any atom is 0.218 e. The van der Waals surface area contributed by atoms with Gasteiger partial charge < -0.3 is 9.63 Å². The molecule has 2 aromatic rings. The molecule has 0 aromatic heterocycles. The Morgan fingerprint density at radius 3 is 2.00 bits per heavy atom. The third-order valence-corrected chi connectivity index (χ3v) is 2.91. The van der Waals surface area contributed by atoms with Crippen LogP contribution in [0.5, 0.6) is 11.5 Å². The summed E-state index contributed by atoms with van der Waals surface area (Å²) in [5, 5.41) is 0.436. The van der Waals surface area contributed by atoms with Crippen LogP contribution in [0.25, 0.3) is 0 Å². The van der Waals surface area contributed by atoms with E-state index in [1.807, 2.05) is 30.3 Å². The van der Waals surface area contributed by atoms with Gasteiger partial charge in [-0.25, -0.2) is 0 Å². The summed E-state index contributed by atoms with van der Waals surface area (Å²) in [4.78, 5) is 8.91. The van der Waals surface area contributed by atoms with E-state index in [1.54, 1.807) is 24.3 Å². The second kappa shape index (κ2) is 4.97. The Hall–Kier alpha value is -1.57. The lowest BCUT2D eigenvalue weighted by atomic mass is 10.3. The lowest BCUT2D eigenvalue weighted by Crippen LogP contribution is -1.94. The van der Waals surface area contributed by atoms with Crippen LogP contribution in [0.4, 0.5) is 0 Å². The molecule has 1 atom stereocenters. The van der Waals surface area contributed by atoms with Crippen LogP contribution >= 0.6 is 8.03 Å². The van der Waals surface area contributed by atoms with Crippen molar-refractivity contribution in [3.63, 3.8) is 0 Å². The summed E-state index contributed by atoms with van der Waals surface area (Å²) < 4.78 is 16.4. The lowest BCUT2D eigenvalue weighted by molar-refractivity contribution is 0.483.